The number of hydrogen-bond donors (Lipinski definition) is 2. The molecule has 0 unspecified atom stereocenters. The fraction of sp³-hybridized carbons (Fsp3) is 0.375. The van der Waals surface area contributed by atoms with Crippen LogP contribution in [0.2, 0.25) is 8.67 Å². The highest BCUT2D eigenvalue weighted by Crippen LogP contribution is 2.30. The first-order valence-electron chi connectivity index (χ1n) is 3.91. The van der Waals surface area contributed by atoms with E-state index < -0.39 is 0 Å². The Kier molecular flexibility index (Phi) is 4.19. The molecule has 2 N–H and O–H groups in total. The molecular formula is C8H9Cl2NO2S. The summed E-state index contributed by atoms with van der Waals surface area (Å²) in [4.78, 5) is 11.5. The molecule has 0 aliphatic carbocycles. The van der Waals surface area contributed by atoms with E-state index in [9.17, 15) is 4.79 Å². The van der Waals surface area contributed by atoms with Crippen molar-refractivity contribution in [2.45, 2.75) is 13.0 Å². The van der Waals surface area contributed by atoms with Gasteiger partial charge in [0.15, 0.2) is 0 Å². The molecule has 1 amide bonds. The van der Waals surface area contributed by atoms with Crippen LogP contribution in [0.4, 0.5) is 0 Å². The third kappa shape index (κ3) is 2.85. The van der Waals surface area contributed by atoms with E-state index in [1.807, 2.05) is 0 Å². The molecular weight excluding hydrogens is 245 g/mol. The third-order valence-corrected chi connectivity index (χ3v) is 3.04. The predicted molar refractivity (Wildman–Crippen MR) is 58.4 cm³/mol. The maximum absolute atomic E-state index is 11.5. The minimum Gasteiger partial charge on any atom is -0.394 e. The second kappa shape index (κ2) is 4.98. The topological polar surface area (TPSA) is 49.3 Å². The standard InChI is InChI=1S/C8H9Cl2NO2S/c1-4(3-12)11-8(13)5-2-6(9)14-7(5)10/h2,4,12H,3H2,1H3,(H,11,13)/t4-/m0/s1. The number of amides is 1. The van der Waals surface area contributed by atoms with Gasteiger partial charge in [-0.2, -0.15) is 0 Å². The summed E-state index contributed by atoms with van der Waals surface area (Å²) in [5.74, 6) is -0.320. The molecule has 0 aliphatic heterocycles. The highest BCUT2D eigenvalue weighted by Gasteiger charge is 2.15. The molecule has 1 rings (SSSR count). The molecule has 0 aromatic carbocycles. The summed E-state index contributed by atoms with van der Waals surface area (Å²) in [7, 11) is 0. The van der Waals surface area contributed by atoms with Gasteiger partial charge in [0.25, 0.3) is 5.91 Å². The summed E-state index contributed by atoms with van der Waals surface area (Å²) in [6.07, 6.45) is 0. The van der Waals surface area contributed by atoms with Gasteiger partial charge in [0.05, 0.1) is 16.5 Å². The maximum Gasteiger partial charge on any atom is 0.254 e. The van der Waals surface area contributed by atoms with Crippen LogP contribution in [0.3, 0.4) is 0 Å². The van der Waals surface area contributed by atoms with Gasteiger partial charge in [0, 0.05) is 6.04 Å². The fourth-order valence-electron chi connectivity index (χ4n) is 0.842. The molecule has 1 aromatic rings. The van der Waals surface area contributed by atoms with Crippen LogP contribution in [0, 0.1) is 0 Å². The first-order valence-corrected chi connectivity index (χ1v) is 5.48. The van der Waals surface area contributed by atoms with Crippen LogP contribution in [0.15, 0.2) is 6.07 Å². The lowest BCUT2D eigenvalue weighted by molar-refractivity contribution is 0.0923. The number of aliphatic hydroxyl groups is 1. The number of nitrogens with one attached hydrogen (secondary N) is 1. The van der Waals surface area contributed by atoms with E-state index in [2.05, 4.69) is 5.32 Å². The van der Waals surface area contributed by atoms with E-state index in [-0.39, 0.29) is 18.6 Å². The third-order valence-electron chi connectivity index (χ3n) is 1.55. The number of thiophene rings is 1. The molecule has 0 fully saturated rings. The van der Waals surface area contributed by atoms with Crippen molar-refractivity contribution >= 4 is 40.4 Å². The van der Waals surface area contributed by atoms with Crippen molar-refractivity contribution in [3.63, 3.8) is 0 Å². The van der Waals surface area contributed by atoms with Crippen molar-refractivity contribution in [3.05, 3.63) is 20.3 Å². The lowest BCUT2D eigenvalue weighted by Gasteiger charge is -2.09. The van der Waals surface area contributed by atoms with Crippen molar-refractivity contribution in [2.75, 3.05) is 6.61 Å². The van der Waals surface area contributed by atoms with Gasteiger partial charge >= 0.3 is 0 Å². The molecule has 0 spiro atoms. The average molecular weight is 254 g/mol. The monoisotopic (exact) mass is 253 g/mol. The van der Waals surface area contributed by atoms with E-state index in [1.165, 1.54) is 6.07 Å². The lowest BCUT2D eigenvalue weighted by atomic mass is 10.3. The summed E-state index contributed by atoms with van der Waals surface area (Å²) >= 11 is 12.6. The molecule has 1 aromatic heterocycles. The summed E-state index contributed by atoms with van der Waals surface area (Å²) in [5, 5.41) is 11.3. The van der Waals surface area contributed by atoms with Crippen molar-refractivity contribution < 1.29 is 9.90 Å². The van der Waals surface area contributed by atoms with Gasteiger partial charge in [-0.15, -0.1) is 11.3 Å². The second-order valence-electron chi connectivity index (χ2n) is 2.79. The van der Waals surface area contributed by atoms with Gasteiger partial charge in [0.1, 0.15) is 4.34 Å². The van der Waals surface area contributed by atoms with Gasteiger partial charge in [-0.3, -0.25) is 4.79 Å². The molecule has 1 atom stereocenters. The predicted octanol–water partition coefficient (Wildman–Crippen LogP) is 2.17. The van der Waals surface area contributed by atoms with Gasteiger partial charge in [0.2, 0.25) is 0 Å². The number of carbonyl (C=O) groups excluding carboxylic acids is 1. The van der Waals surface area contributed by atoms with Crippen LogP contribution in [-0.4, -0.2) is 23.7 Å². The first kappa shape index (κ1) is 11.8. The maximum atomic E-state index is 11.5. The highest BCUT2D eigenvalue weighted by molar-refractivity contribution is 7.20. The Bertz CT molecular complexity index is 340. The minimum atomic E-state index is -0.320. The zero-order chi connectivity index (χ0) is 10.7. The van der Waals surface area contributed by atoms with Crippen LogP contribution < -0.4 is 5.32 Å². The summed E-state index contributed by atoms with van der Waals surface area (Å²) in [6, 6.07) is 1.21. The Balaban J connectivity index is 2.74. The van der Waals surface area contributed by atoms with Crippen molar-refractivity contribution in [1.29, 1.82) is 0 Å². The van der Waals surface area contributed by atoms with Gasteiger partial charge < -0.3 is 10.4 Å². The highest BCUT2D eigenvalue weighted by atomic mass is 35.5. The molecule has 78 valence electrons. The summed E-state index contributed by atoms with van der Waals surface area (Å²) < 4.78 is 0.828. The smallest absolute Gasteiger partial charge is 0.254 e. The molecule has 0 radical (unpaired) electrons. The fourth-order valence-corrected chi connectivity index (χ4v) is 2.30. The quantitative estimate of drug-likeness (QED) is 0.868. The van der Waals surface area contributed by atoms with Crippen LogP contribution in [-0.2, 0) is 0 Å². The number of hydrogen-bond acceptors (Lipinski definition) is 3. The zero-order valence-electron chi connectivity index (χ0n) is 7.38. The molecule has 0 aliphatic rings. The number of rotatable bonds is 3. The van der Waals surface area contributed by atoms with Crippen molar-refractivity contribution in [1.82, 2.24) is 5.32 Å². The normalized spacial score (nSPS) is 12.6. The zero-order valence-corrected chi connectivity index (χ0v) is 9.71. The number of aliphatic hydroxyl groups excluding tert-OH is 1. The molecule has 0 saturated heterocycles. The molecule has 14 heavy (non-hydrogen) atoms. The minimum absolute atomic E-state index is 0.110. The van der Waals surface area contributed by atoms with Crippen LogP contribution in [0.1, 0.15) is 17.3 Å². The SMILES string of the molecule is C[C@@H](CO)NC(=O)c1cc(Cl)sc1Cl. The Morgan fingerprint density at radius 2 is 2.36 bits per heavy atom. The Morgan fingerprint density at radius 3 is 2.79 bits per heavy atom. The molecule has 1 heterocycles. The number of halogens is 2. The van der Waals surface area contributed by atoms with Crippen molar-refractivity contribution in [2.24, 2.45) is 0 Å². The number of carbonyl (C=O) groups is 1. The van der Waals surface area contributed by atoms with Crippen LogP contribution in [0.5, 0.6) is 0 Å². The van der Waals surface area contributed by atoms with Gasteiger partial charge in [-0.1, -0.05) is 23.2 Å². The van der Waals surface area contributed by atoms with E-state index in [0.717, 1.165) is 11.3 Å². The Labute approximate surface area is 95.6 Å². The average Bonchev–Trinajstić information content (AvgIpc) is 2.45. The van der Waals surface area contributed by atoms with E-state index in [0.29, 0.717) is 14.2 Å². The summed E-state index contributed by atoms with van der Waals surface area (Å²) in [5.41, 5.74) is 0.349. The van der Waals surface area contributed by atoms with E-state index in [4.69, 9.17) is 28.3 Å². The lowest BCUT2D eigenvalue weighted by Crippen LogP contribution is -2.34. The van der Waals surface area contributed by atoms with Gasteiger partial charge in [-0.05, 0) is 13.0 Å². The first-order chi connectivity index (χ1) is 6.54. The van der Waals surface area contributed by atoms with Crippen LogP contribution in [0.25, 0.3) is 0 Å². The largest absolute Gasteiger partial charge is 0.394 e. The van der Waals surface area contributed by atoms with E-state index in [1.54, 1.807) is 6.92 Å². The molecule has 0 bridgehead atoms. The Morgan fingerprint density at radius 1 is 1.71 bits per heavy atom. The summed E-state index contributed by atoms with van der Waals surface area (Å²) in [6.45, 7) is 1.58. The van der Waals surface area contributed by atoms with Crippen LogP contribution >= 0.6 is 34.5 Å². The van der Waals surface area contributed by atoms with Gasteiger partial charge in [-0.25, -0.2) is 0 Å². The molecule has 3 nitrogen and oxygen atoms in total. The van der Waals surface area contributed by atoms with Crippen molar-refractivity contribution in [3.8, 4) is 0 Å². The molecule has 6 heteroatoms. The second-order valence-corrected chi connectivity index (χ2v) is 5.08. The molecule has 0 saturated carbocycles. The Hall–Kier alpha value is -0.290. The van der Waals surface area contributed by atoms with E-state index >= 15 is 0 Å².